The third-order valence-electron chi connectivity index (χ3n) is 11.3. The van der Waals surface area contributed by atoms with Gasteiger partial charge in [-0.05, 0) is 75.1 Å². The van der Waals surface area contributed by atoms with E-state index in [2.05, 4.69) is 168 Å². The largest absolute Gasteiger partial charge is 0.294 e. The van der Waals surface area contributed by atoms with Crippen LogP contribution in [0.4, 0.5) is 0 Å². The SMILES string of the molecule is c1ccc(-n2c3ccccc3c3ccc(-c4ccc(-c5nc(-c6cccc7ccccc67)c6ccc7sc8ccc9ccccc9c8c7c6n5)cc4)cc32)nc1. The highest BCUT2D eigenvalue weighted by Crippen LogP contribution is 2.44. The predicted octanol–water partition coefficient (Wildman–Crippen LogP) is 13.8. The average molecular weight is 731 g/mol. The van der Waals surface area contributed by atoms with E-state index in [-0.39, 0.29) is 0 Å². The van der Waals surface area contributed by atoms with E-state index in [1.54, 1.807) is 0 Å². The second-order valence-corrected chi connectivity index (χ2v) is 15.5. The van der Waals surface area contributed by atoms with Gasteiger partial charge in [0.1, 0.15) is 5.82 Å². The van der Waals surface area contributed by atoms with Gasteiger partial charge >= 0.3 is 0 Å². The molecule has 0 aliphatic carbocycles. The number of nitrogens with zero attached hydrogens (tertiary/aromatic N) is 4. The number of fused-ring (bicyclic) bond motifs is 11. The van der Waals surface area contributed by atoms with Crippen LogP contribution in [-0.2, 0) is 0 Å². The molecule has 5 heteroatoms. The minimum atomic E-state index is 0.713. The van der Waals surface area contributed by atoms with Gasteiger partial charge in [-0.1, -0.05) is 133 Å². The summed E-state index contributed by atoms with van der Waals surface area (Å²) in [6.45, 7) is 0. The van der Waals surface area contributed by atoms with Crippen molar-refractivity contribution in [1.29, 1.82) is 0 Å². The summed E-state index contributed by atoms with van der Waals surface area (Å²) in [5.41, 5.74) is 8.54. The topological polar surface area (TPSA) is 43.6 Å². The van der Waals surface area contributed by atoms with Crippen molar-refractivity contribution >= 4 is 85.8 Å². The summed E-state index contributed by atoms with van der Waals surface area (Å²) in [7, 11) is 0. The first-order valence-corrected chi connectivity index (χ1v) is 19.7. The summed E-state index contributed by atoms with van der Waals surface area (Å²) >= 11 is 1.83. The summed E-state index contributed by atoms with van der Waals surface area (Å²) in [5.74, 6) is 1.62. The van der Waals surface area contributed by atoms with Crippen LogP contribution in [0.1, 0.15) is 0 Å². The maximum Gasteiger partial charge on any atom is 0.160 e. The Morgan fingerprint density at radius 1 is 0.429 bits per heavy atom. The smallest absolute Gasteiger partial charge is 0.160 e. The summed E-state index contributed by atoms with van der Waals surface area (Å²) in [6.07, 6.45) is 1.85. The highest BCUT2D eigenvalue weighted by atomic mass is 32.1. The lowest BCUT2D eigenvalue weighted by molar-refractivity contribution is 1.08. The fourth-order valence-corrected chi connectivity index (χ4v) is 9.80. The van der Waals surface area contributed by atoms with Crippen molar-refractivity contribution in [3.63, 3.8) is 0 Å². The molecule has 4 nitrogen and oxygen atoms in total. The van der Waals surface area contributed by atoms with E-state index in [9.17, 15) is 0 Å². The van der Waals surface area contributed by atoms with Crippen LogP contribution in [0.3, 0.4) is 0 Å². The third kappa shape index (κ3) is 4.68. The zero-order valence-corrected chi connectivity index (χ0v) is 30.8. The number of aromatic nitrogens is 4. The predicted molar refractivity (Wildman–Crippen MR) is 236 cm³/mol. The van der Waals surface area contributed by atoms with Crippen LogP contribution in [-0.4, -0.2) is 19.5 Å². The molecular weight excluding hydrogens is 701 g/mol. The number of pyridine rings is 1. The Morgan fingerprint density at radius 2 is 1.09 bits per heavy atom. The van der Waals surface area contributed by atoms with Crippen LogP contribution >= 0.6 is 11.3 Å². The first-order chi connectivity index (χ1) is 27.8. The number of hydrogen-bond donors (Lipinski definition) is 0. The minimum Gasteiger partial charge on any atom is -0.294 e. The summed E-state index contributed by atoms with van der Waals surface area (Å²) < 4.78 is 4.76. The van der Waals surface area contributed by atoms with Gasteiger partial charge in [0, 0.05) is 53.7 Å². The molecule has 8 aromatic carbocycles. The Balaban J connectivity index is 1.07. The van der Waals surface area contributed by atoms with Crippen LogP contribution in [0.2, 0.25) is 0 Å². The number of para-hydroxylation sites is 1. The standard InChI is InChI=1S/C51H30N4S/c1-3-13-36-32(10-1)12-9-16-40(36)49-41-26-28-45-48(47-37-14-4-2-11-33(37)24-27-44(47)56-45)50(41)54-51(53-49)34-21-19-31(20-22-34)35-23-25-39-38-15-5-6-17-42(38)55(43(39)30-35)46-18-7-8-29-52-46/h1-30H. The van der Waals surface area contributed by atoms with E-state index >= 15 is 0 Å². The molecule has 0 bridgehead atoms. The highest BCUT2D eigenvalue weighted by Gasteiger charge is 2.20. The van der Waals surface area contributed by atoms with Crippen molar-refractivity contribution in [2.75, 3.05) is 0 Å². The van der Waals surface area contributed by atoms with Crippen molar-refractivity contribution < 1.29 is 0 Å². The molecule has 0 N–H and O–H groups in total. The first-order valence-electron chi connectivity index (χ1n) is 18.9. The molecule has 0 atom stereocenters. The summed E-state index contributed by atoms with van der Waals surface area (Å²) in [5, 5.41) is 10.8. The van der Waals surface area contributed by atoms with Crippen LogP contribution in [0.5, 0.6) is 0 Å². The summed E-state index contributed by atoms with van der Waals surface area (Å²) in [4.78, 5) is 15.6. The quantitative estimate of drug-likeness (QED) is 0.181. The molecule has 0 saturated heterocycles. The normalized spacial score (nSPS) is 11.9. The molecular formula is C51H30N4S. The minimum absolute atomic E-state index is 0.713. The van der Waals surface area contributed by atoms with Crippen LogP contribution in [0.15, 0.2) is 182 Å². The fourth-order valence-electron chi connectivity index (χ4n) is 8.68. The van der Waals surface area contributed by atoms with Gasteiger partial charge in [0.15, 0.2) is 5.82 Å². The maximum atomic E-state index is 5.47. The Bertz CT molecular complexity index is 3520. The van der Waals surface area contributed by atoms with Gasteiger partial charge in [-0.15, -0.1) is 11.3 Å². The van der Waals surface area contributed by atoms with Crippen LogP contribution in [0.25, 0.3) is 114 Å². The van der Waals surface area contributed by atoms with Gasteiger partial charge in [-0.3, -0.25) is 4.57 Å². The molecule has 12 aromatic rings. The molecule has 0 saturated carbocycles. The Kier molecular flexibility index (Phi) is 6.76. The zero-order chi connectivity index (χ0) is 36.7. The maximum absolute atomic E-state index is 5.47. The van der Waals surface area contributed by atoms with Crippen molar-refractivity contribution in [3.8, 4) is 39.6 Å². The van der Waals surface area contributed by atoms with Gasteiger partial charge in [-0.25, -0.2) is 15.0 Å². The van der Waals surface area contributed by atoms with Crippen molar-refractivity contribution in [1.82, 2.24) is 19.5 Å². The Labute approximate surface area is 325 Å². The van der Waals surface area contributed by atoms with Gasteiger partial charge in [0.05, 0.1) is 22.2 Å². The summed E-state index contributed by atoms with van der Waals surface area (Å²) in [6, 6.07) is 62.8. The molecule has 0 unspecified atom stereocenters. The number of rotatable bonds is 4. The molecule has 56 heavy (non-hydrogen) atoms. The molecule has 0 spiro atoms. The molecule has 4 aromatic heterocycles. The average Bonchev–Trinajstić information content (AvgIpc) is 3.82. The number of thiophene rings is 1. The van der Waals surface area contributed by atoms with E-state index in [1.807, 2.05) is 29.7 Å². The molecule has 0 aliphatic heterocycles. The van der Waals surface area contributed by atoms with Crippen molar-refractivity contribution in [2.45, 2.75) is 0 Å². The third-order valence-corrected chi connectivity index (χ3v) is 12.4. The second-order valence-electron chi connectivity index (χ2n) is 14.4. The molecule has 0 radical (unpaired) electrons. The number of benzene rings is 8. The van der Waals surface area contributed by atoms with Crippen LogP contribution in [0, 0.1) is 0 Å². The van der Waals surface area contributed by atoms with Gasteiger partial charge in [0.2, 0.25) is 0 Å². The van der Waals surface area contributed by atoms with E-state index in [0.29, 0.717) is 5.82 Å². The van der Waals surface area contributed by atoms with Crippen LogP contribution < -0.4 is 0 Å². The lowest BCUT2D eigenvalue weighted by atomic mass is 9.97. The van der Waals surface area contributed by atoms with E-state index in [0.717, 1.165) is 55.7 Å². The monoisotopic (exact) mass is 730 g/mol. The Morgan fingerprint density at radius 3 is 1.95 bits per heavy atom. The molecule has 260 valence electrons. The van der Waals surface area contributed by atoms with Gasteiger partial charge < -0.3 is 0 Å². The van der Waals surface area contributed by atoms with E-state index in [4.69, 9.17) is 15.0 Å². The molecule has 0 fully saturated rings. The Hall–Kier alpha value is -7.21. The molecule has 0 amide bonds. The van der Waals surface area contributed by atoms with Crippen molar-refractivity contribution in [2.24, 2.45) is 0 Å². The lowest BCUT2D eigenvalue weighted by Crippen LogP contribution is -1.97. The van der Waals surface area contributed by atoms with Gasteiger partial charge in [0.25, 0.3) is 0 Å². The molecule has 0 aliphatic rings. The lowest BCUT2D eigenvalue weighted by Gasteiger charge is -2.13. The van der Waals surface area contributed by atoms with E-state index in [1.165, 1.54) is 52.5 Å². The first kappa shape index (κ1) is 31.2. The molecule has 12 rings (SSSR count). The van der Waals surface area contributed by atoms with Gasteiger partial charge in [-0.2, -0.15) is 0 Å². The number of hydrogen-bond acceptors (Lipinski definition) is 4. The fraction of sp³-hybridized carbons (Fsp3) is 0. The second kappa shape index (κ2) is 12.2. The van der Waals surface area contributed by atoms with E-state index < -0.39 is 0 Å². The molecule has 4 heterocycles. The highest BCUT2D eigenvalue weighted by molar-refractivity contribution is 7.26. The zero-order valence-electron chi connectivity index (χ0n) is 30.0. The van der Waals surface area contributed by atoms with Crippen molar-refractivity contribution in [3.05, 3.63) is 182 Å².